The van der Waals surface area contributed by atoms with E-state index in [1.165, 1.54) is 0 Å². The lowest BCUT2D eigenvalue weighted by atomic mass is 10.1. The zero-order valence-corrected chi connectivity index (χ0v) is 16.8. The highest BCUT2D eigenvalue weighted by Gasteiger charge is 2.32. The Bertz CT molecular complexity index is 626. The summed E-state index contributed by atoms with van der Waals surface area (Å²) in [6, 6.07) is 9.79. The normalized spacial score (nSPS) is 23.7. The van der Waals surface area contributed by atoms with E-state index in [2.05, 4.69) is 21.3 Å². The maximum atomic E-state index is 8.99. The number of aliphatic imine (C=N–C) groups is 1. The topological polar surface area (TPSA) is 69.9 Å². The van der Waals surface area contributed by atoms with Crippen molar-refractivity contribution in [3.05, 3.63) is 35.4 Å². The van der Waals surface area contributed by atoms with E-state index < -0.39 is 0 Å². The minimum atomic E-state index is 0. The molecule has 2 atom stereocenters. The number of nitrogens with one attached hydrogen (secondary N) is 1. The molecule has 2 aliphatic heterocycles. The summed E-state index contributed by atoms with van der Waals surface area (Å²) in [5, 5.41) is 12.4. The molecule has 0 spiro atoms. The quantitative estimate of drug-likeness (QED) is 0.429. The van der Waals surface area contributed by atoms with Crippen LogP contribution in [0.2, 0.25) is 0 Å². The van der Waals surface area contributed by atoms with E-state index >= 15 is 0 Å². The van der Waals surface area contributed by atoms with Gasteiger partial charge >= 0.3 is 0 Å². The first-order valence-electron chi connectivity index (χ1n) is 8.48. The largest absolute Gasteiger partial charge is 0.375 e. The number of hydrogen-bond donors (Lipinski definition) is 1. The number of morpholine rings is 1. The van der Waals surface area contributed by atoms with Crippen molar-refractivity contribution in [3.8, 4) is 6.07 Å². The molecular weight excluding hydrogens is 431 g/mol. The second-order valence-corrected chi connectivity index (χ2v) is 6.12. The highest BCUT2D eigenvalue weighted by molar-refractivity contribution is 14.0. The number of halogens is 1. The summed E-state index contributed by atoms with van der Waals surface area (Å²) in [5.74, 6) is 0.864. The van der Waals surface area contributed by atoms with Crippen LogP contribution < -0.4 is 5.32 Å². The van der Waals surface area contributed by atoms with Gasteiger partial charge in [-0.15, -0.1) is 24.0 Å². The number of benzene rings is 1. The first-order valence-corrected chi connectivity index (χ1v) is 8.48. The van der Waals surface area contributed by atoms with Gasteiger partial charge in [0, 0.05) is 33.3 Å². The molecule has 2 fully saturated rings. The van der Waals surface area contributed by atoms with Crippen molar-refractivity contribution in [2.24, 2.45) is 4.99 Å². The van der Waals surface area contributed by atoms with Crippen molar-refractivity contribution in [1.82, 2.24) is 10.2 Å². The third-order valence-electron chi connectivity index (χ3n) is 4.49. The molecule has 25 heavy (non-hydrogen) atoms. The standard InChI is InChI=1S/C18H24N4O2.HI/c1-20-18(21-12-15-5-2-4-14(10-15)11-19)22-7-9-24-17(13-22)16-6-3-8-23-16;/h2,4-5,10,16-17H,3,6-9,12-13H2,1H3,(H,20,21);1H. The average molecular weight is 456 g/mol. The summed E-state index contributed by atoms with van der Waals surface area (Å²) < 4.78 is 11.7. The average Bonchev–Trinajstić information content (AvgIpc) is 3.17. The van der Waals surface area contributed by atoms with Gasteiger partial charge in [0.15, 0.2) is 5.96 Å². The molecule has 0 aromatic heterocycles. The molecule has 3 rings (SSSR count). The lowest BCUT2D eigenvalue weighted by Crippen LogP contribution is -2.53. The Kier molecular flexibility index (Phi) is 7.93. The smallest absolute Gasteiger partial charge is 0.194 e. The van der Waals surface area contributed by atoms with E-state index in [0.717, 1.165) is 44.1 Å². The summed E-state index contributed by atoms with van der Waals surface area (Å²) in [6.45, 7) is 3.79. The molecule has 0 bridgehead atoms. The van der Waals surface area contributed by atoms with Crippen molar-refractivity contribution in [3.63, 3.8) is 0 Å². The molecule has 2 saturated heterocycles. The van der Waals surface area contributed by atoms with Crippen LogP contribution in [0.4, 0.5) is 0 Å². The van der Waals surface area contributed by atoms with Crippen LogP contribution in [0.25, 0.3) is 0 Å². The van der Waals surface area contributed by atoms with Crippen LogP contribution in [0.1, 0.15) is 24.0 Å². The molecule has 2 heterocycles. The fourth-order valence-corrected chi connectivity index (χ4v) is 3.25. The Morgan fingerprint density at radius 1 is 1.36 bits per heavy atom. The van der Waals surface area contributed by atoms with Crippen molar-refractivity contribution in [2.45, 2.75) is 31.6 Å². The zero-order valence-electron chi connectivity index (χ0n) is 14.5. The molecular formula is C18H25IN4O2. The van der Waals surface area contributed by atoms with Crippen molar-refractivity contribution < 1.29 is 9.47 Å². The summed E-state index contributed by atoms with van der Waals surface area (Å²) in [7, 11) is 1.80. The van der Waals surface area contributed by atoms with E-state index in [1.807, 2.05) is 24.3 Å². The molecule has 2 aliphatic rings. The second kappa shape index (κ2) is 9.94. The summed E-state index contributed by atoms with van der Waals surface area (Å²) >= 11 is 0. The van der Waals surface area contributed by atoms with Crippen LogP contribution in [-0.2, 0) is 16.0 Å². The third kappa shape index (κ3) is 5.30. The van der Waals surface area contributed by atoms with E-state index in [0.29, 0.717) is 18.7 Å². The number of nitrogens with zero attached hydrogens (tertiary/aromatic N) is 3. The van der Waals surface area contributed by atoms with Gasteiger partial charge < -0.3 is 19.7 Å². The van der Waals surface area contributed by atoms with Gasteiger partial charge in [-0.05, 0) is 30.5 Å². The first-order chi connectivity index (χ1) is 11.8. The highest BCUT2D eigenvalue weighted by atomic mass is 127. The Labute approximate surface area is 166 Å². The van der Waals surface area contributed by atoms with Gasteiger partial charge in [0.25, 0.3) is 0 Å². The number of nitriles is 1. The van der Waals surface area contributed by atoms with E-state index in [4.69, 9.17) is 14.7 Å². The van der Waals surface area contributed by atoms with Gasteiger partial charge in [0.1, 0.15) is 6.10 Å². The Morgan fingerprint density at radius 3 is 2.92 bits per heavy atom. The molecule has 6 nitrogen and oxygen atoms in total. The number of ether oxygens (including phenoxy) is 2. The predicted octanol–water partition coefficient (Wildman–Crippen LogP) is 2.13. The van der Waals surface area contributed by atoms with Gasteiger partial charge in [0.2, 0.25) is 0 Å². The van der Waals surface area contributed by atoms with Crippen molar-refractivity contribution >= 4 is 29.9 Å². The van der Waals surface area contributed by atoms with Gasteiger partial charge in [-0.2, -0.15) is 5.26 Å². The Balaban J connectivity index is 0.00000225. The summed E-state index contributed by atoms with van der Waals surface area (Å²) in [5.41, 5.74) is 1.74. The van der Waals surface area contributed by atoms with Gasteiger partial charge in [-0.25, -0.2) is 0 Å². The molecule has 0 aliphatic carbocycles. The predicted molar refractivity (Wildman–Crippen MR) is 107 cm³/mol. The van der Waals surface area contributed by atoms with Crippen molar-refractivity contribution in [1.29, 1.82) is 5.26 Å². The molecule has 0 amide bonds. The molecule has 2 unspecified atom stereocenters. The fraction of sp³-hybridized carbons (Fsp3) is 0.556. The summed E-state index contributed by atoms with van der Waals surface area (Å²) in [6.07, 6.45) is 2.51. The fourth-order valence-electron chi connectivity index (χ4n) is 3.25. The number of guanidine groups is 1. The minimum Gasteiger partial charge on any atom is -0.375 e. The van der Waals surface area contributed by atoms with Crippen LogP contribution in [-0.4, -0.2) is 56.4 Å². The lowest BCUT2D eigenvalue weighted by Gasteiger charge is -2.37. The van der Waals surface area contributed by atoms with Crippen LogP contribution in [0, 0.1) is 11.3 Å². The molecule has 136 valence electrons. The zero-order chi connectivity index (χ0) is 16.8. The van der Waals surface area contributed by atoms with Crippen LogP contribution >= 0.6 is 24.0 Å². The Morgan fingerprint density at radius 2 is 2.20 bits per heavy atom. The van der Waals surface area contributed by atoms with Gasteiger partial charge in [0.05, 0.1) is 24.3 Å². The second-order valence-electron chi connectivity index (χ2n) is 6.12. The molecule has 1 aromatic rings. The SMILES string of the molecule is CN=C(NCc1cccc(C#N)c1)N1CCOC(C2CCCO2)C1.I. The molecule has 0 saturated carbocycles. The van der Waals surface area contributed by atoms with E-state index in [1.54, 1.807) is 7.05 Å². The highest BCUT2D eigenvalue weighted by Crippen LogP contribution is 2.21. The first kappa shape index (κ1) is 19.9. The Hall–Kier alpha value is -1.37. The number of rotatable bonds is 3. The monoisotopic (exact) mass is 456 g/mol. The minimum absolute atomic E-state index is 0. The van der Waals surface area contributed by atoms with Crippen LogP contribution in [0.5, 0.6) is 0 Å². The van der Waals surface area contributed by atoms with Crippen LogP contribution in [0.3, 0.4) is 0 Å². The molecule has 1 N–H and O–H groups in total. The van der Waals surface area contributed by atoms with E-state index in [-0.39, 0.29) is 36.2 Å². The van der Waals surface area contributed by atoms with Gasteiger partial charge in [-0.1, -0.05) is 12.1 Å². The molecule has 0 radical (unpaired) electrons. The molecule has 1 aromatic carbocycles. The van der Waals surface area contributed by atoms with Crippen LogP contribution in [0.15, 0.2) is 29.3 Å². The number of hydrogen-bond acceptors (Lipinski definition) is 4. The molecule has 7 heteroatoms. The lowest BCUT2D eigenvalue weighted by molar-refractivity contribution is -0.0817. The van der Waals surface area contributed by atoms with E-state index in [9.17, 15) is 0 Å². The van der Waals surface area contributed by atoms with Gasteiger partial charge in [-0.3, -0.25) is 4.99 Å². The maximum Gasteiger partial charge on any atom is 0.194 e. The maximum absolute atomic E-state index is 8.99. The third-order valence-corrected chi connectivity index (χ3v) is 4.49. The summed E-state index contributed by atoms with van der Waals surface area (Å²) in [4.78, 5) is 6.63. The van der Waals surface area contributed by atoms with Crippen molar-refractivity contribution in [2.75, 3.05) is 33.4 Å².